The summed E-state index contributed by atoms with van der Waals surface area (Å²) in [7, 11) is 0. The van der Waals surface area contributed by atoms with E-state index in [4.69, 9.17) is 5.73 Å². The van der Waals surface area contributed by atoms with Crippen molar-refractivity contribution in [1.29, 1.82) is 0 Å². The summed E-state index contributed by atoms with van der Waals surface area (Å²) in [6.45, 7) is 2.83. The van der Waals surface area contributed by atoms with Crippen LogP contribution in [0.1, 0.15) is 31.2 Å². The van der Waals surface area contributed by atoms with Crippen LogP contribution in [0.3, 0.4) is 0 Å². The maximum atomic E-state index is 10.8. The van der Waals surface area contributed by atoms with Gasteiger partial charge in [-0.15, -0.1) is 0 Å². The fourth-order valence-electron chi connectivity index (χ4n) is 2.43. The van der Waals surface area contributed by atoms with Crippen molar-refractivity contribution in [3.8, 4) is 0 Å². The highest BCUT2D eigenvalue weighted by molar-refractivity contribution is 5.62. The zero-order valence-electron chi connectivity index (χ0n) is 10.5. The molecule has 0 aromatic heterocycles. The van der Waals surface area contributed by atoms with Gasteiger partial charge in [-0.25, -0.2) is 0 Å². The number of benzene rings is 1. The minimum Gasteiger partial charge on any atom is -0.393 e. The molecule has 0 unspecified atom stereocenters. The van der Waals surface area contributed by atoms with Gasteiger partial charge >= 0.3 is 0 Å². The summed E-state index contributed by atoms with van der Waals surface area (Å²) >= 11 is 0. The van der Waals surface area contributed by atoms with Crippen LogP contribution in [0.4, 0.5) is 11.4 Å². The van der Waals surface area contributed by atoms with Gasteiger partial charge in [-0.1, -0.05) is 25.0 Å². The first-order valence-electron chi connectivity index (χ1n) is 6.42. The first-order chi connectivity index (χ1) is 8.68. The number of rotatable bonds is 3. The lowest BCUT2D eigenvalue weighted by Gasteiger charge is -2.20. The van der Waals surface area contributed by atoms with Gasteiger partial charge in [0.15, 0.2) is 0 Å². The molecule has 1 aromatic carbocycles. The Morgan fingerprint density at radius 1 is 1.22 bits per heavy atom. The SMILES string of the molecule is Nc1c(CN2CCCCCC2)cccc1[N+](=O)[O-]. The van der Waals surface area contributed by atoms with Crippen LogP contribution in [-0.2, 0) is 6.54 Å². The molecule has 0 bridgehead atoms. The summed E-state index contributed by atoms with van der Waals surface area (Å²) in [4.78, 5) is 12.8. The Morgan fingerprint density at radius 2 is 1.89 bits per heavy atom. The van der Waals surface area contributed by atoms with Crippen LogP contribution >= 0.6 is 0 Å². The number of nitrogens with zero attached hydrogens (tertiary/aromatic N) is 2. The topological polar surface area (TPSA) is 72.4 Å². The van der Waals surface area contributed by atoms with Gasteiger partial charge in [-0.2, -0.15) is 0 Å². The fraction of sp³-hybridized carbons (Fsp3) is 0.538. The summed E-state index contributed by atoms with van der Waals surface area (Å²) in [5.74, 6) is 0. The molecule has 18 heavy (non-hydrogen) atoms. The third-order valence-electron chi connectivity index (χ3n) is 3.46. The van der Waals surface area contributed by atoms with Crippen molar-refractivity contribution in [1.82, 2.24) is 4.90 Å². The average molecular weight is 249 g/mol. The first kappa shape index (κ1) is 12.8. The van der Waals surface area contributed by atoms with E-state index in [1.807, 2.05) is 6.07 Å². The van der Waals surface area contributed by atoms with Gasteiger partial charge in [0.2, 0.25) is 0 Å². The predicted octanol–water partition coefficient (Wildman–Crippen LogP) is 2.55. The second-order valence-electron chi connectivity index (χ2n) is 4.80. The molecule has 2 N–H and O–H groups in total. The molecule has 5 heteroatoms. The van der Waals surface area contributed by atoms with E-state index in [0.717, 1.165) is 18.7 Å². The lowest BCUT2D eigenvalue weighted by molar-refractivity contribution is -0.384. The number of para-hydroxylation sites is 1. The second-order valence-corrected chi connectivity index (χ2v) is 4.80. The lowest BCUT2D eigenvalue weighted by atomic mass is 10.1. The molecule has 1 aromatic rings. The number of hydrogen-bond donors (Lipinski definition) is 1. The molecule has 0 saturated carbocycles. The molecular formula is C13H19N3O2. The van der Waals surface area contributed by atoms with E-state index in [1.54, 1.807) is 6.07 Å². The van der Waals surface area contributed by atoms with Crippen molar-refractivity contribution < 1.29 is 4.92 Å². The molecule has 5 nitrogen and oxygen atoms in total. The molecule has 1 saturated heterocycles. The zero-order chi connectivity index (χ0) is 13.0. The molecule has 98 valence electrons. The number of hydrogen-bond acceptors (Lipinski definition) is 4. The van der Waals surface area contributed by atoms with Crippen LogP contribution in [0.25, 0.3) is 0 Å². The monoisotopic (exact) mass is 249 g/mol. The maximum absolute atomic E-state index is 10.8. The molecule has 0 amide bonds. The van der Waals surface area contributed by atoms with E-state index in [9.17, 15) is 10.1 Å². The van der Waals surface area contributed by atoms with Crippen LogP contribution in [0.5, 0.6) is 0 Å². The molecule has 1 fully saturated rings. The van der Waals surface area contributed by atoms with Crippen molar-refractivity contribution in [3.05, 3.63) is 33.9 Å². The van der Waals surface area contributed by atoms with E-state index in [0.29, 0.717) is 12.2 Å². The Labute approximate surface area is 107 Å². The van der Waals surface area contributed by atoms with Crippen LogP contribution in [-0.4, -0.2) is 22.9 Å². The summed E-state index contributed by atoms with van der Waals surface area (Å²) in [6.07, 6.45) is 4.96. The standard InChI is InChI=1S/C13H19N3O2/c14-13-11(6-5-7-12(13)16(17)18)10-15-8-3-1-2-4-9-15/h5-7H,1-4,8-10,14H2. The average Bonchev–Trinajstić information content (AvgIpc) is 2.60. The molecular weight excluding hydrogens is 230 g/mol. The lowest BCUT2D eigenvalue weighted by Crippen LogP contribution is -2.24. The van der Waals surface area contributed by atoms with E-state index < -0.39 is 4.92 Å². The van der Waals surface area contributed by atoms with E-state index >= 15 is 0 Å². The highest BCUT2D eigenvalue weighted by Crippen LogP contribution is 2.26. The fourth-order valence-corrected chi connectivity index (χ4v) is 2.43. The van der Waals surface area contributed by atoms with Gasteiger partial charge in [-0.05, 0) is 31.5 Å². The summed E-state index contributed by atoms with van der Waals surface area (Å²) in [5.41, 5.74) is 7.07. The minimum atomic E-state index is -0.415. The molecule has 1 aliphatic rings. The van der Waals surface area contributed by atoms with Crippen molar-refractivity contribution in [3.63, 3.8) is 0 Å². The molecule has 0 aliphatic carbocycles. The number of anilines is 1. The van der Waals surface area contributed by atoms with Crippen LogP contribution < -0.4 is 5.73 Å². The Balaban J connectivity index is 2.13. The number of likely N-dealkylation sites (tertiary alicyclic amines) is 1. The predicted molar refractivity (Wildman–Crippen MR) is 71.3 cm³/mol. The minimum absolute atomic E-state index is 0.0160. The summed E-state index contributed by atoms with van der Waals surface area (Å²) in [6, 6.07) is 5.05. The molecule has 1 aliphatic heterocycles. The number of nitro groups is 1. The van der Waals surface area contributed by atoms with Crippen molar-refractivity contribution >= 4 is 11.4 Å². The van der Waals surface area contributed by atoms with Crippen LogP contribution in [0.2, 0.25) is 0 Å². The van der Waals surface area contributed by atoms with Crippen LogP contribution in [0.15, 0.2) is 18.2 Å². The normalized spacial score (nSPS) is 17.3. The van der Waals surface area contributed by atoms with Gasteiger partial charge < -0.3 is 5.73 Å². The highest BCUT2D eigenvalue weighted by Gasteiger charge is 2.16. The summed E-state index contributed by atoms with van der Waals surface area (Å²) in [5, 5.41) is 10.8. The maximum Gasteiger partial charge on any atom is 0.292 e. The van der Waals surface area contributed by atoms with E-state index in [-0.39, 0.29) is 5.69 Å². The smallest absolute Gasteiger partial charge is 0.292 e. The van der Waals surface area contributed by atoms with E-state index in [1.165, 1.54) is 31.7 Å². The van der Waals surface area contributed by atoms with Crippen molar-refractivity contribution in [2.24, 2.45) is 0 Å². The molecule has 2 rings (SSSR count). The molecule has 0 spiro atoms. The largest absolute Gasteiger partial charge is 0.393 e. The van der Waals surface area contributed by atoms with Gasteiger partial charge in [0.1, 0.15) is 5.69 Å². The number of nitro benzene ring substituents is 1. The van der Waals surface area contributed by atoms with Crippen molar-refractivity contribution in [2.45, 2.75) is 32.2 Å². The molecule has 0 atom stereocenters. The molecule has 0 radical (unpaired) electrons. The van der Waals surface area contributed by atoms with E-state index in [2.05, 4.69) is 4.90 Å². The third kappa shape index (κ3) is 2.98. The van der Waals surface area contributed by atoms with Gasteiger partial charge in [-0.3, -0.25) is 15.0 Å². The first-order valence-corrected chi connectivity index (χ1v) is 6.42. The second kappa shape index (κ2) is 5.82. The van der Waals surface area contributed by atoms with Crippen molar-refractivity contribution in [2.75, 3.05) is 18.8 Å². The van der Waals surface area contributed by atoms with Gasteiger partial charge in [0.25, 0.3) is 5.69 Å². The number of nitrogen functional groups attached to an aromatic ring is 1. The Bertz CT molecular complexity index is 426. The van der Waals surface area contributed by atoms with Gasteiger partial charge in [0, 0.05) is 12.6 Å². The van der Waals surface area contributed by atoms with Gasteiger partial charge in [0.05, 0.1) is 4.92 Å². The third-order valence-corrected chi connectivity index (χ3v) is 3.46. The Kier molecular flexibility index (Phi) is 4.15. The zero-order valence-corrected chi connectivity index (χ0v) is 10.5. The Hall–Kier alpha value is -1.62. The molecule has 1 heterocycles. The highest BCUT2D eigenvalue weighted by atomic mass is 16.6. The summed E-state index contributed by atoms with van der Waals surface area (Å²) < 4.78 is 0. The van der Waals surface area contributed by atoms with Crippen LogP contribution in [0, 0.1) is 10.1 Å². The Morgan fingerprint density at radius 3 is 2.50 bits per heavy atom. The number of nitrogens with two attached hydrogens (primary N) is 1. The quantitative estimate of drug-likeness (QED) is 0.507.